The Morgan fingerprint density at radius 3 is 2.61 bits per heavy atom. The maximum absolute atomic E-state index is 11.5. The van der Waals surface area contributed by atoms with Crippen molar-refractivity contribution in [3.63, 3.8) is 0 Å². The monoisotopic (exact) mass is 271 g/mol. The van der Waals surface area contributed by atoms with Crippen LogP contribution in [0.2, 0.25) is 0 Å². The van der Waals surface area contributed by atoms with Crippen LogP contribution in [0.25, 0.3) is 0 Å². The maximum atomic E-state index is 11.5. The second-order valence-electron chi connectivity index (χ2n) is 4.32. The summed E-state index contributed by atoms with van der Waals surface area (Å²) in [5.74, 6) is -0.763. The second-order valence-corrected chi connectivity index (χ2v) is 6.05. The van der Waals surface area contributed by atoms with Gasteiger partial charge in [-0.25, -0.2) is 0 Å². The largest absolute Gasteiger partial charge is 0.342 e. The number of hydrogen-bond donors (Lipinski definition) is 2. The van der Waals surface area contributed by atoms with E-state index in [2.05, 4.69) is 11.9 Å². The molecule has 2 N–H and O–H groups in total. The van der Waals surface area contributed by atoms with Gasteiger partial charge in [0.05, 0.1) is 5.54 Å². The lowest BCUT2D eigenvalue weighted by Gasteiger charge is -2.40. The van der Waals surface area contributed by atoms with Gasteiger partial charge in [-0.3, -0.25) is 9.35 Å². The standard InChI is InChI=1S/C12H17NO4S/c1-4-11(14)13-12(10(3)18(15,16)17)8-6-5-7-9(12)2/h4-10H,1H2,2-3H3,(H,13,14)(H,15,16,17). The molecule has 18 heavy (non-hydrogen) atoms. The molecule has 1 aliphatic carbocycles. The lowest BCUT2D eigenvalue weighted by Crippen LogP contribution is -2.60. The Morgan fingerprint density at radius 2 is 2.17 bits per heavy atom. The third-order valence-electron chi connectivity index (χ3n) is 3.28. The molecule has 0 aromatic heterocycles. The van der Waals surface area contributed by atoms with Crippen molar-refractivity contribution in [1.29, 1.82) is 0 Å². The number of carbonyl (C=O) groups is 1. The maximum Gasteiger partial charge on any atom is 0.270 e. The zero-order chi connectivity index (χ0) is 14.0. The SMILES string of the molecule is C=CC(=O)NC1(C(C)S(=O)(=O)O)C=CC=CC1C. The Morgan fingerprint density at radius 1 is 1.56 bits per heavy atom. The van der Waals surface area contributed by atoms with Gasteiger partial charge in [-0.15, -0.1) is 0 Å². The molecule has 3 atom stereocenters. The highest BCUT2D eigenvalue weighted by Crippen LogP contribution is 2.31. The fraction of sp³-hybridized carbons (Fsp3) is 0.417. The van der Waals surface area contributed by atoms with Crippen molar-refractivity contribution in [2.45, 2.75) is 24.6 Å². The van der Waals surface area contributed by atoms with Gasteiger partial charge in [0.1, 0.15) is 5.25 Å². The molecule has 0 aromatic carbocycles. The molecule has 1 amide bonds. The highest BCUT2D eigenvalue weighted by atomic mass is 32.2. The van der Waals surface area contributed by atoms with Crippen LogP contribution in [0.1, 0.15) is 13.8 Å². The highest BCUT2D eigenvalue weighted by molar-refractivity contribution is 7.86. The zero-order valence-electron chi connectivity index (χ0n) is 10.3. The average Bonchev–Trinajstić information content (AvgIpc) is 2.30. The minimum absolute atomic E-state index is 0.275. The van der Waals surface area contributed by atoms with Gasteiger partial charge in [0.15, 0.2) is 0 Å². The number of hydrogen-bond acceptors (Lipinski definition) is 3. The van der Waals surface area contributed by atoms with Gasteiger partial charge in [0.2, 0.25) is 5.91 Å². The number of carbonyl (C=O) groups excluding carboxylic acids is 1. The van der Waals surface area contributed by atoms with Gasteiger partial charge in [0.25, 0.3) is 10.1 Å². The lowest BCUT2D eigenvalue weighted by molar-refractivity contribution is -0.118. The molecular formula is C12H17NO4S. The lowest BCUT2D eigenvalue weighted by atomic mass is 9.79. The number of allylic oxidation sites excluding steroid dienone is 2. The Kier molecular flexibility index (Phi) is 4.13. The first-order valence-corrected chi connectivity index (χ1v) is 7.01. The van der Waals surface area contributed by atoms with Crippen LogP contribution in [0.5, 0.6) is 0 Å². The fourth-order valence-electron chi connectivity index (χ4n) is 2.03. The number of amides is 1. The molecule has 0 aliphatic heterocycles. The normalized spacial score (nSPS) is 28.7. The van der Waals surface area contributed by atoms with Gasteiger partial charge < -0.3 is 5.32 Å². The van der Waals surface area contributed by atoms with Gasteiger partial charge in [0, 0.05) is 5.92 Å². The molecule has 3 unspecified atom stereocenters. The average molecular weight is 271 g/mol. The summed E-state index contributed by atoms with van der Waals surface area (Å²) >= 11 is 0. The quantitative estimate of drug-likeness (QED) is 0.591. The predicted octanol–water partition coefficient (Wildman–Crippen LogP) is 1.07. The summed E-state index contributed by atoms with van der Waals surface area (Å²) in [6, 6.07) is 0. The Hall–Kier alpha value is -1.40. The van der Waals surface area contributed by atoms with E-state index in [0.29, 0.717) is 0 Å². The molecule has 0 saturated heterocycles. The zero-order valence-corrected chi connectivity index (χ0v) is 11.1. The second kappa shape index (κ2) is 5.07. The van der Waals surface area contributed by atoms with Crippen molar-refractivity contribution in [3.8, 4) is 0 Å². The van der Waals surface area contributed by atoms with Crippen LogP contribution < -0.4 is 5.32 Å². The van der Waals surface area contributed by atoms with E-state index < -0.39 is 26.8 Å². The van der Waals surface area contributed by atoms with Gasteiger partial charge >= 0.3 is 0 Å². The van der Waals surface area contributed by atoms with Crippen molar-refractivity contribution in [2.75, 3.05) is 0 Å². The molecule has 1 rings (SSSR count). The molecule has 0 fully saturated rings. The minimum atomic E-state index is -4.28. The van der Waals surface area contributed by atoms with E-state index in [1.807, 2.05) is 0 Å². The van der Waals surface area contributed by atoms with Crippen LogP contribution in [0.3, 0.4) is 0 Å². The third-order valence-corrected chi connectivity index (χ3v) is 4.56. The van der Waals surface area contributed by atoms with Crippen LogP contribution >= 0.6 is 0 Å². The summed E-state index contributed by atoms with van der Waals surface area (Å²) in [7, 11) is -4.28. The Labute approximate surface area is 107 Å². The third kappa shape index (κ3) is 2.70. The number of nitrogens with one attached hydrogen (secondary N) is 1. The smallest absolute Gasteiger partial charge is 0.270 e. The molecule has 6 heteroatoms. The summed E-state index contributed by atoms with van der Waals surface area (Å²) in [4.78, 5) is 11.5. The van der Waals surface area contributed by atoms with E-state index in [9.17, 15) is 17.8 Å². The first-order valence-electron chi connectivity index (χ1n) is 5.51. The van der Waals surface area contributed by atoms with Gasteiger partial charge in [-0.1, -0.05) is 37.8 Å². The van der Waals surface area contributed by atoms with E-state index >= 15 is 0 Å². The van der Waals surface area contributed by atoms with Crippen molar-refractivity contribution >= 4 is 16.0 Å². The Balaban J connectivity index is 3.26. The van der Waals surface area contributed by atoms with E-state index in [0.717, 1.165) is 6.08 Å². The molecule has 0 saturated carbocycles. The minimum Gasteiger partial charge on any atom is -0.342 e. The summed E-state index contributed by atoms with van der Waals surface area (Å²) in [6.07, 6.45) is 7.82. The summed E-state index contributed by atoms with van der Waals surface area (Å²) in [5.41, 5.74) is -1.17. The van der Waals surface area contributed by atoms with Crippen molar-refractivity contribution in [2.24, 2.45) is 5.92 Å². The van der Waals surface area contributed by atoms with Crippen LogP contribution in [-0.2, 0) is 14.9 Å². The van der Waals surface area contributed by atoms with E-state index in [1.54, 1.807) is 31.2 Å². The molecule has 0 spiro atoms. The molecule has 5 nitrogen and oxygen atoms in total. The molecule has 1 aliphatic rings. The first-order chi connectivity index (χ1) is 8.24. The van der Waals surface area contributed by atoms with Crippen LogP contribution in [0.15, 0.2) is 37.0 Å². The van der Waals surface area contributed by atoms with Crippen LogP contribution in [0, 0.1) is 5.92 Å². The van der Waals surface area contributed by atoms with Crippen molar-refractivity contribution in [3.05, 3.63) is 37.0 Å². The molecule has 0 heterocycles. The van der Waals surface area contributed by atoms with E-state index in [4.69, 9.17) is 0 Å². The topological polar surface area (TPSA) is 83.5 Å². The molecule has 0 radical (unpaired) electrons. The molecule has 0 aromatic rings. The van der Waals surface area contributed by atoms with Gasteiger partial charge in [-0.05, 0) is 13.0 Å². The molecule has 100 valence electrons. The number of rotatable bonds is 4. The summed E-state index contributed by atoms with van der Waals surface area (Å²) in [6.45, 7) is 6.47. The summed E-state index contributed by atoms with van der Waals surface area (Å²) < 4.78 is 32.0. The van der Waals surface area contributed by atoms with Gasteiger partial charge in [-0.2, -0.15) is 8.42 Å². The predicted molar refractivity (Wildman–Crippen MR) is 69.5 cm³/mol. The van der Waals surface area contributed by atoms with Crippen LogP contribution in [0.4, 0.5) is 0 Å². The summed E-state index contributed by atoms with van der Waals surface area (Å²) in [5, 5.41) is 1.44. The van der Waals surface area contributed by atoms with Crippen molar-refractivity contribution in [1.82, 2.24) is 5.32 Å². The van der Waals surface area contributed by atoms with E-state index in [-0.39, 0.29) is 5.92 Å². The van der Waals surface area contributed by atoms with E-state index in [1.165, 1.54) is 6.92 Å². The van der Waals surface area contributed by atoms with Crippen molar-refractivity contribution < 1.29 is 17.8 Å². The first kappa shape index (κ1) is 14.7. The highest BCUT2D eigenvalue weighted by Gasteiger charge is 2.45. The molecule has 0 bridgehead atoms. The fourth-order valence-corrected chi connectivity index (χ4v) is 2.88. The Bertz CT molecular complexity index is 506. The molecular weight excluding hydrogens is 254 g/mol. The van der Waals surface area contributed by atoms with Crippen LogP contribution in [-0.4, -0.2) is 29.7 Å².